The Morgan fingerprint density at radius 3 is 2.48 bits per heavy atom. The van der Waals surface area contributed by atoms with Gasteiger partial charge in [0.15, 0.2) is 11.1 Å². The van der Waals surface area contributed by atoms with Crippen LogP contribution in [0, 0.1) is 33.8 Å². The Hall–Kier alpha value is -0.652. The van der Waals surface area contributed by atoms with Gasteiger partial charge in [0.1, 0.15) is 0 Å². The molecule has 7 heteroatoms. The smallest absolute Gasteiger partial charge is 0.376 e. The maximum absolute atomic E-state index is 11.1. The van der Waals surface area contributed by atoms with Gasteiger partial charge in [0.25, 0.3) is 0 Å². The summed E-state index contributed by atoms with van der Waals surface area (Å²) in [6, 6.07) is 6.99. The summed E-state index contributed by atoms with van der Waals surface area (Å²) in [5.74, 6) is 0. The minimum absolute atomic E-state index is 0. The van der Waals surface area contributed by atoms with Gasteiger partial charge in [0, 0.05) is 11.3 Å². The zero-order valence-electron chi connectivity index (χ0n) is 13.7. The van der Waals surface area contributed by atoms with Crippen LogP contribution >= 0.6 is 11.3 Å². The van der Waals surface area contributed by atoms with E-state index in [0.29, 0.717) is 4.21 Å². The van der Waals surface area contributed by atoms with E-state index in [0.717, 1.165) is 0 Å². The number of thiophene rings is 1. The van der Waals surface area contributed by atoms with E-state index in [9.17, 15) is 9.00 Å². The van der Waals surface area contributed by atoms with Crippen LogP contribution in [0.5, 0.6) is 0 Å². The van der Waals surface area contributed by atoms with Crippen molar-refractivity contribution in [3.05, 3.63) is 51.4 Å². The second-order valence-corrected chi connectivity index (χ2v) is 6.85. The van der Waals surface area contributed by atoms with Crippen molar-refractivity contribution in [2.75, 3.05) is 7.05 Å². The predicted octanol–water partition coefficient (Wildman–Crippen LogP) is 3.10. The van der Waals surface area contributed by atoms with Crippen LogP contribution in [-0.4, -0.2) is 17.5 Å². The number of benzene rings is 1. The van der Waals surface area contributed by atoms with Crippen LogP contribution in [-0.2, 0) is 41.2 Å². The molecule has 23 heavy (non-hydrogen) atoms. The molecule has 124 valence electrons. The number of hydroxylamine groups is 1. The fourth-order valence-electron chi connectivity index (χ4n) is 1.77. The molecule has 1 atom stereocenters. The van der Waals surface area contributed by atoms with Crippen molar-refractivity contribution < 1.29 is 34.4 Å². The fourth-order valence-corrected chi connectivity index (χ4v) is 3.43. The van der Waals surface area contributed by atoms with Crippen LogP contribution in [0.1, 0.15) is 27.8 Å². The molecule has 0 saturated carbocycles. The SMILES string of the molecule is CNOS(=O)c1sccc1[C-]=O.Cc1[c-]c(C)c(C)c(C)c1.[W+2]. The largest absolute Gasteiger partial charge is 2.00 e. The molecule has 0 saturated heterocycles. The van der Waals surface area contributed by atoms with Crippen LogP contribution in [0.4, 0.5) is 0 Å². The van der Waals surface area contributed by atoms with Crippen LogP contribution in [0.15, 0.2) is 21.7 Å². The Morgan fingerprint density at radius 2 is 1.96 bits per heavy atom. The average molecular weight is 521 g/mol. The number of carbonyl (C=O) groups excluding carboxylic acids is 1. The Labute approximate surface area is 158 Å². The Balaban J connectivity index is 0.000000409. The number of rotatable bonds is 4. The molecule has 2 rings (SSSR count). The maximum Gasteiger partial charge on any atom is 2.00 e. The fraction of sp³-hybridized carbons (Fsp3) is 0.312. The second kappa shape index (κ2) is 11.0. The third-order valence-electron chi connectivity index (χ3n) is 3.02. The normalized spacial score (nSPS) is 11.0. The molecule has 0 amide bonds. The summed E-state index contributed by atoms with van der Waals surface area (Å²) in [6.07, 6.45) is 1.67. The van der Waals surface area contributed by atoms with E-state index in [1.807, 2.05) is 0 Å². The van der Waals surface area contributed by atoms with Gasteiger partial charge >= 0.3 is 21.1 Å². The third-order valence-corrected chi connectivity index (χ3v) is 5.27. The molecule has 0 fully saturated rings. The van der Waals surface area contributed by atoms with Crippen LogP contribution in [0.25, 0.3) is 0 Å². The van der Waals surface area contributed by atoms with E-state index in [-0.39, 0.29) is 26.6 Å². The average Bonchev–Trinajstić information content (AvgIpc) is 2.94. The molecule has 0 aliphatic heterocycles. The van der Waals surface area contributed by atoms with Gasteiger partial charge in [-0.3, -0.25) is 0 Å². The second-order valence-electron chi connectivity index (χ2n) is 4.63. The van der Waals surface area contributed by atoms with Gasteiger partial charge in [0.2, 0.25) is 0 Å². The van der Waals surface area contributed by atoms with E-state index >= 15 is 0 Å². The number of hydrogen-bond acceptors (Lipinski definition) is 5. The van der Waals surface area contributed by atoms with Crippen LogP contribution in [0.3, 0.4) is 0 Å². The van der Waals surface area contributed by atoms with Gasteiger partial charge in [-0.25, -0.2) is 19.8 Å². The first kappa shape index (κ1) is 22.3. The minimum Gasteiger partial charge on any atom is -0.376 e. The maximum atomic E-state index is 11.1. The van der Waals surface area contributed by atoms with Crippen molar-refractivity contribution in [1.29, 1.82) is 0 Å². The molecule has 1 N–H and O–H groups in total. The van der Waals surface area contributed by atoms with Crippen molar-refractivity contribution in [2.24, 2.45) is 0 Å². The molecule has 0 bridgehead atoms. The number of nitrogens with one attached hydrogen (secondary N) is 1. The van der Waals surface area contributed by atoms with E-state index in [1.165, 1.54) is 40.6 Å². The topological polar surface area (TPSA) is 55.4 Å². The van der Waals surface area contributed by atoms with Crippen molar-refractivity contribution in [3.63, 3.8) is 0 Å². The molecule has 4 nitrogen and oxygen atoms in total. The van der Waals surface area contributed by atoms with Gasteiger partial charge < -0.3 is 4.79 Å². The summed E-state index contributed by atoms with van der Waals surface area (Å²) in [5, 5.41) is 1.66. The molecule has 0 aliphatic carbocycles. The number of hydrogen-bond donors (Lipinski definition) is 1. The van der Waals surface area contributed by atoms with Crippen molar-refractivity contribution >= 4 is 28.7 Å². The summed E-state index contributed by atoms with van der Waals surface area (Å²) in [4.78, 5) is 10.3. The van der Waals surface area contributed by atoms with E-state index in [1.54, 1.807) is 17.7 Å². The Kier molecular flexibility index (Phi) is 10.7. The predicted molar refractivity (Wildman–Crippen MR) is 89.9 cm³/mol. The summed E-state index contributed by atoms with van der Waals surface area (Å²) in [5.41, 5.74) is 7.82. The standard InChI is InChI=1S/C10H13.C6H6NO3S2.W/c1-7-5-8(2)10(4)9(3)6-7;1-7-10-12(9)6-5(4-8)2-3-11-6;/h5H,1-4H3;2-3,7H,1H3;/q2*-1;+2. The molecule has 0 aliphatic rings. The molecular formula is C16H19NO3S2W. The van der Waals surface area contributed by atoms with E-state index < -0.39 is 11.1 Å². The Morgan fingerprint density at radius 1 is 1.30 bits per heavy atom. The zero-order chi connectivity index (χ0) is 16.7. The molecular weight excluding hydrogens is 502 g/mol. The van der Waals surface area contributed by atoms with Crippen molar-refractivity contribution in [3.8, 4) is 0 Å². The van der Waals surface area contributed by atoms with E-state index in [2.05, 4.69) is 49.6 Å². The quantitative estimate of drug-likeness (QED) is 0.497. The van der Waals surface area contributed by atoms with Crippen molar-refractivity contribution in [1.82, 2.24) is 5.48 Å². The van der Waals surface area contributed by atoms with Gasteiger partial charge in [-0.05, 0) is 0 Å². The van der Waals surface area contributed by atoms with Crippen LogP contribution < -0.4 is 5.48 Å². The van der Waals surface area contributed by atoms with Crippen LogP contribution in [0.2, 0.25) is 0 Å². The summed E-state index contributed by atoms with van der Waals surface area (Å²) in [6.45, 7) is 8.47. The first-order chi connectivity index (χ1) is 10.4. The first-order valence-corrected chi connectivity index (χ1v) is 8.54. The monoisotopic (exact) mass is 521 g/mol. The van der Waals surface area contributed by atoms with Gasteiger partial charge in [-0.15, -0.1) is 11.6 Å². The first-order valence-electron chi connectivity index (χ1n) is 6.58. The van der Waals surface area contributed by atoms with E-state index in [4.69, 9.17) is 0 Å². The number of aryl methyl sites for hydroxylation is 3. The zero-order valence-corrected chi connectivity index (χ0v) is 18.2. The molecule has 0 radical (unpaired) electrons. The molecule has 2 aromatic rings. The molecule has 1 unspecified atom stereocenters. The summed E-state index contributed by atoms with van der Waals surface area (Å²) in [7, 11) is 1.50. The van der Waals surface area contributed by atoms with Gasteiger partial charge in [-0.2, -0.15) is 39.9 Å². The Bertz CT molecular complexity index is 648. The molecule has 1 heterocycles. The van der Waals surface area contributed by atoms with Gasteiger partial charge in [-0.1, -0.05) is 33.1 Å². The summed E-state index contributed by atoms with van der Waals surface area (Å²) < 4.78 is 16.1. The van der Waals surface area contributed by atoms with Crippen molar-refractivity contribution in [2.45, 2.75) is 31.9 Å². The molecule has 1 aromatic heterocycles. The summed E-state index contributed by atoms with van der Waals surface area (Å²) >= 11 is -0.424. The molecule has 1 aromatic carbocycles. The molecule has 0 spiro atoms. The minimum atomic E-state index is -1.62. The van der Waals surface area contributed by atoms with Gasteiger partial charge in [0.05, 0.1) is 6.29 Å². The third kappa shape index (κ3) is 6.77.